The number of hydrogen-bond acceptors (Lipinski definition) is 3. The van der Waals surface area contributed by atoms with Crippen molar-refractivity contribution >= 4 is 10.0 Å². The zero-order chi connectivity index (χ0) is 16.8. The van der Waals surface area contributed by atoms with Gasteiger partial charge in [-0.2, -0.15) is 0 Å². The van der Waals surface area contributed by atoms with Crippen molar-refractivity contribution in [3.05, 3.63) is 29.6 Å². The molecule has 0 atom stereocenters. The Morgan fingerprint density at radius 3 is 2.23 bits per heavy atom. The van der Waals surface area contributed by atoms with Gasteiger partial charge in [0.25, 0.3) is 0 Å². The van der Waals surface area contributed by atoms with Crippen molar-refractivity contribution in [3.8, 4) is 0 Å². The molecule has 1 heterocycles. The molecule has 0 aromatic heterocycles. The summed E-state index contributed by atoms with van der Waals surface area (Å²) in [7, 11) is -3.64. The van der Waals surface area contributed by atoms with Crippen molar-refractivity contribution in [2.75, 3.05) is 0 Å². The predicted octanol–water partition coefficient (Wildman–Crippen LogP) is 2.72. The van der Waals surface area contributed by atoms with Gasteiger partial charge in [0.2, 0.25) is 10.0 Å². The summed E-state index contributed by atoms with van der Waals surface area (Å²) in [5.41, 5.74) is 0.0373. The van der Waals surface area contributed by atoms with E-state index in [1.54, 1.807) is 6.92 Å². The van der Waals surface area contributed by atoms with E-state index < -0.39 is 15.8 Å². The molecule has 2 N–H and O–H groups in total. The maximum atomic E-state index is 13.3. The van der Waals surface area contributed by atoms with E-state index in [1.807, 2.05) is 0 Å². The topological polar surface area (TPSA) is 58.2 Å². The number of nitrogens with one attached hydrogen (secondary N) is 2. The van der Waals surface area contributed by atoms with E-state index in [-0.39, 0.29) is 22.0 Å². The second-order valence-electron chi connectivity index (χ2n) is 7.53. The van der Waals surface area contributed by atoms with Gasteiger partial charge in [-0.1, -0.05) is 0 Å². The van der Waals surface area contributed by atoms with E-state index in [9.17, 15) is 12.8 Å². The molecule has 0 amide bonds. The van der Waals surface area contributed by atoms with Crippen molar-refractivity contribution < 1.29 is 12.8 Å². The van der Waals surface area contributed by atoms with Crippen molar-refractivity contribution in [2.24, 2.45) is 0 Å². The first-order valence-corrected chi connectivity index (χ1v) is 8.96. The SMILES string of the molecule is Cc1cc(S(=O)(=O)NC2CC(C)(C)NC(C)(C)C2)ccc1F. The average Bonchev–Trinajstić information content (AvgIpc) is 2.27. The minimum atomic E-state index is -3.64. The molecule has 1 aromatic carbocycles. The molecule has 0 aliphatic carbocycles. The van der Waals surface area contributed by atoms with Crippen LogP contribution in [-0.2, 0) is 10.0 Å². The minimum absolute atomic E-state index is 0.112. The van der Waals surface area contributed by atoms with Gasteiger partial charge in [-0.3, -0.25) is 0 Å². The summed E-state index contributed by atoms with van der Waals surface area (Å²) in [5, 5.41) is 3.52. The van der Waals surface area contributed by atoms with E-state index >= 15 is 0 Å². The van der Waals surface area contributed by atoms with Crippen LogP contribution in [-0.4, -0.2) is 25.5 Å². The molecule has 1 fully saturated rings. The van der Waals surface area contributed by atoms with E-state index in [0.717, 1.165) is 0 Å². The first-order chi connectivity index (χ1) is 9.90. The number of benzene rings is 1. The van der Waals surface area contributed by atoms with E-state index in [1.165, 1.54) is 18.2 Å². The zero-order valence-corrected chi connectivity index (χ0v) is 14.6. The van der Waals surface area contributed by atoms with Gasteiger partial charge in [0.05, 0.1) is 4.90 Å². The summed E-state index contributed by atoms with van der Waals surface area (Å²) in [6.07, 6.45) is 1.41. The third kappa shape index (κ3) is 4.06. The van der Waals surface area contributed by atoms with E-state index in [2.05, 4.69) is 37.7 Å². The van der Waals surface area contributed by atoms with Gasteiger partial charge in [0.1, 0.15) is 5.82 Å². The lowest BCUT2D eigenvalue weighted by Crippen LogP contribution is -2.62. The van der Waals surface area contributed by atoms with Gasteiger partial charge in [0, 0.05) is 17.1 Å². The number of sulfonamides is 1. The van der Waals surface area contributed by atoms with Crippen LogP contribution in [0.4, 0.5) is 4.39 Å². The standard InChI is InChI=1S/C16H25FN2O2S/c1-11-8-13(6-7-14(11)17)22(20,21)18-12-9-15(2,3)19-16(4,5)10-12/h6-8,12,18-19H,9-10H2,1-5H3. The lowest BCUT2D eigenvalue weighted by atomic mass is 9.80. The van der Waals surface area contributed by atoms with Gasteiger partial charge in [-0.15, -0.1) is 0 Å². The molecule has 1 aromatic rings. The van der Waals surface area contributed by atoms with Crippen LogP contribution in [0.1, 0.15) is 46.1 Å². The Morgan fingerprint density at radius 1 is 1.18 bits per heavy atom. The third-order valence-electron chi connectivity index (χ3n) is 3.95. The highest BCUT2D eigenvalue weighted by atomic mass is 32.2. The van der Waals surface area contributed by atoms with Crippen LogP contribution in [0.15, 0.2) is 23.1 Å². The normalized spacial score (nSPS) is 21.7. The zero-order valence-electron chi connectivity index (χ0n) is 13.8. The molecule has 2 rings (SSSR count). The molecule has 0 bridgehead atoms. The summed E-state index contributed by atoms with van der Waals surface area (Å²) < 4.78 is 41.2. The number of hydrogen-bond donors (Lipinski definition) is 2. The second-order valence-corrected chi connectivity index (χ2v) is 9.24. The minimum Gasteiger partial charge on any atom is -0.307 e. The molecule has 6 heteroatoms. The Bertz CT molecular complexity index is 653. The maximum Gasteiger partial charge on any atom is 0.240 e. The fraction of sp³-hybridized carbons (Fsp3) is 0.625. The van der Waals surface area contributed by atoms with Crippen molar-refractivity contribution in [2.45, 2.75) is 69.5 Å². The molecule has 1 aliphatic rings. The van der Waals surface area contributed by atoms with Crippen molar-refractivity contribution in [1.29, 1.82) is 0 Å². The van der Waals surface area contributed by atoms with Crippen LogP contribution < -0.4 is 10.0 Å². The lowest BCUT2D eigenvalue weighted by Gasteiger charge is -2.46. The Morgan fingerprint density at radius 2 is 1.73 bits per heavy atom. The second kappa shape index (κ2) is 5.58. The van der Waals surface area contributed by atoms with Crippen LogP contribution in [0.5, 0.6) is 0 Å². The molecule has 124 valence electrons. The smallest absolute Gasteiger partial charge is 0.240 e. The molecule has 0 unspecified atom stereocenters. The van der Waals surface area contributed by atoms with Crippen LogP contribution >= 0.6 is 0 Å². The summed E-state index contributed by atoms with van der Waals surface area (Å²) in [6, 6.07) is 3.72. The summed E-state index contributed by atoms with van der Waals surface area (Å²) in [6.45, 7) is 9.83. The maximum absolute atomic E-state index is 13.3. The highest BCUT2D eigenvalue weighted by molar-refractivity contribution is 7.89. The molecule has 0 saturated carbocycles. The number of aryl methyl sites for hydroxylation is 1. The van der Waals surface area contributed by atoms with Crippen molar-refractivity contribution in [1.82, 2.24) is 10.0 Å². The third-order valence-corrected chi connectivity index (χ3v) is 5.47. The highest BCUT2D eigenvalue weighted by Gasteiger charge is 2.39. The molecular weight excluding hydrogens is 303 g/mol. The van der Waals surface area contributed by atoms with Crippen LogP contribution in [0, 0.1) is 12.7 Å². The largest absolute Gasteiger partial charge is 0.307 e. The molecular formula is C16H25FN2O2S. The molecule has 0 spiro atoms. The Kier molecular flexibility index (Phi) is 4.41. The van der Waals surface area contributed by atoms with E-state index in [0.29, 0.717) is 18.4 Å². The van der Waals surface area contributed by atoms with Gasteiger partial charge in [0.15, 0.2) is 0 Å². The fourth-order valence-corrected chi connectivity index (χ4v) is 4.80. The highest BCUT2D eigenvalue weighted by Crippen LogP contribution is 2.29. The monoisotopic (exact) mass is 328 g/mol. The Balaban J connectivity index is 2.23. The summed E-state index contributed by atoms with van der Waals surface area (Å²) >= 11 is 0. The predicted molar refractivity (Wildman–Crippen MR) is 85.8 cm³/mol. The Hall–Kier alpha value is -0.980. The lowest BCUT2D eigenvalue weighted by molar-refractivity contribution is 0.157. The average molecular weight is 328 g/mol. The first-order valence-electron chi connectivity index (χ1n) is 7.48. The number of piperidine rings is 1. The molecule has 4 nitrogen and oxygen atoms in total. The van der Waals surface area contributed by atoms with Gasteiger partial charge >= 0.3 is 0 Å². The van der Waals surface area contributed by atoms with Crippen LogP contribution in [0.25, 0.3) is 0 Å². The van der Waals surface area contributed by atoms with Crippen LogP contribution in [0.3, 0.4) is 0 Å². The summed E-state index contributed by atoms with van der Waals surface area (Å²) in [4.78, 5) is 0.112. The first kappa shape index (κ1) is 17.4. The molecule has 22 heavy (non-hydrogen) atoms. The van der Waals surface area contributed by atoms with Crippen LogP contribution in [0.2, 0.25) is 0 Å². The molecule has 1 saturated heterocycles. The summed E-state index contributed by atoms with van der Waals surface area (Å²) in [5.74, 6) is -0.400. The molecule has 1 aliphatic heterocycles. The van der Waals surface area contributed by atoms with E-state index in [4.69, 9.17) is 0 Å². The number of halogens is 1. The fourth-order valence-electron chi connectivity index (χ4n) is 3.48. The van der Waals surface area contributed by atoms with Crippen molar-refractivity contribution in [3.63, 3.8) is 0 Å². The quantitative estimate of drug-likeness (QED) is 0.897. The van der Waals surface area contributed by atoms with Gasteiger partial charge < -0.3 is 5.32 Å². The Labute approximate surface area is 132 Å². The van der Waals surface area contributed by atoms with Gasteiger partial charge in [-0.25, -0.2) is 17.5 Å². The molecule has 0 radical (unpaired) electrons. The van der Waals surface area contributed by atoms with Gasteiger partial charge in [-0.05, 0) is 71.2 Å². The number of rotatable bonds is 3.